The highest BCUT2D eigenvalue weighted by Crippen LogP contribution is 2.33. The molecule has 0 unspecified atom stereocenters. The van der Waals surface area contributed by atoms with Crippen molar-refractivity contribution in [3.63, 3.8) is 0 Å². The minimum atomic E-state index is -4.44. The van der Waals surface area contributed by atoms with Gasteiger partial charge in [-0.05, 0) is 64.7 Å². The van der Waals surface area contributed by atoms with Crippen molar-refractivity contribution in [3.05, 3.63) is 56.4 Å². The van der Waals surface area contributed by atoms with E-state index in [0.29, 0.717) is 14.4 Å². The third kappa shape index (κ3) is 4.01. The van der Waals surface area contributed by atoms with E-state index in [9.17, 15) is 18.0 Å². The van der Waals surface area contributed by atoms with Crippen LogP contribution in [-0.4, -0.2) is 11.1 Å². The van der Waals surface area contributed by atoms with Crippen LogP contribution < -0.4 is 5.32 Å². The van der Waals surface area contributed by atoms with Crippen LogP contribution in [0.1, 0.15) is 11.3 Å². The summed E-state index contributed by atoms with van der Waals surface area (Å²) in [6.45, 7) is 0. The van der Waals surface area contributed by atoms with Crippen LogP contribution in [0.4, 0.5) is 18.9 Å². The average molecular weight is 464 g/mol. The number of nitrogens with one attached hydrogen (secondary N) is 1. The topological polar surface area (TPSA) is 54.6 Å². The van der Waals surface area contributed by atoms with Gasteiger partial charge in [0.15, 0.2) is 8.93 Å². The fourth-order valence-electron chi connectivity index (χ4n) is 1.88. The summed E-state index contributed by atoms with van der Waals surface area (Å²) >= 11 is 3.04. The van der Waals surface area contributed by atoms with Crippen LogP contribution in [-0.2, 0) is 11.0 Å². The highest BCUT2D eigenvalue weighted by atomic mass is 127. The van der Waals surface area contributed by atoms with Crippen molar-refractivity contribution in [1.82, 2.24) is 5.32 Å². The van der Waals surface area contributed by atoms with Crippen molar-refractivity contribution < 1.29 is 22.4 Å². The zero-order chi connectivity index (χ0) is 17.3. The van der Waals surface area contributed by atoms with Gasteiger partial charge < -0.3 is 9.73 Å². The molecule has 1 aromatic carbocycles. The molecule has 2 aromatic rings. The number of alkyl halides is 3. The quantitative estimate of drug-likeness (QED) is 0.514. The zero-order valence-corrected chi connectivity index (χ0v) is 14.7. The number of nitrogens with zero attached hydrogens (tertiary/aromatic N) is 1. The lowest BCUT2D eigenvalue weighted by Gasteiger charge is -2.06. The molecule has 1 N–H and O–H groups in total. The summed E-state index contributed by atoms with van der Waals surface area (Å²) in [7, 11) is 0. The second kappa shape index (κ2) is 6.63. The van der Waals surface area contributed by atoms with Gasteiger partial charge in [-0.3, -0.25) is 4.79 Å². The lowest BCUT2D eigenvalue weighted by Crippen LogP contribution is -2.19. The first-order valence-electron chi connectivity index (χ1n) is 6.53. The van der Waals surface area contributed by atoms with E-state index in [1.54, 1.807) is 18.2 Å². The first-order valence-corrected chi connectivity index (χ1v) is 8.43. The maximum Gasteiger partial charge on any atom is 0.416 e. The van der Waals surface area contributed by atoms with E-state index in [2.05, 4.69) is 10.3 Å². The van der Waals surface area contributed by atoms with Crippen LogP contribution in [0.3, 0.4) is 0 Å². The van der Waals surface area contributed by atoms with E-state index in [1.165, 1.54) is 12.1 Å². The van der Waals surface area contributed by atoms with Gasteiger partial charge in [0.25, 0.3) is 5.91 Å². The van der Waals surface area contributed by atoms with Gasteiger partial charge in [-0.1, -0.05) is 6.07 Å². The van der Waals surface area contributed by atoms with E-state index in [4.69, 9.17) is 4.42 Å². The molecule has 2 heterocycles. The molecule has 0 spiro atoms. The van der Waals surface area contributed by atoms with Crippen LogP contribution in [0.15, 0.2) is 50.7 Å². The van der Waals surface area contributed by atoms with Crippen molar-refractivity contribution in [2.24, 2.45) is 4.99 Å². The Morgan fingerprint density at radius 3 is 2.71 bits per heavy atom. The van der Waals surface area contributed by atoms with E-state index >= 15 is 0 Å². The highest BCUT2D eigenvalue weighted by molar-refractivity contribution is 14.1. The van der Waals surface area contributed by atoms with E-state index in [0.717, 1.165) is 23.9 Å². The van der Waals surface area contributed by atoms with Gasteiger partial charge in [0.2, 0.25) is 0 Å². The minimum absolute atomic E-state index is 0.112. The van der Waals surface area contributed by atoms with Gasteiger partial charge in [0.1, 0.15) is 5.76 Å². The molecule has 4 nitrogen and oxygen atoms in total. The van der Waals surface area contributed by atoms with E-state index in [1.807, 2.05) is 22.6 Å². The number of rotatable bonds is 2. The Morgan fingerprint density at radius 2 is 2.04 bits per heavy atom. The Morgan fingerprint density at radius 1 is 1.25 bits per heavy atom. The SMILES string of the molecule is O=C1NC(=Nc2cccc(C(F)(F)F)c2)SC1=Cc1ccc(I)o1. The summed E-state index contributed by atoms with van der Waals surface area (Å²) in [5.41, 5.74) is -0.680. The molecule has 124 valence electrons. The van der Waals surface area contributed by atoms with Crippen LogP contribution in [0.2, 0.25) is 0 Å². The van der Waals surface area contributed by atoms with Gasteiger partial charge in [-0.15, -0.1) is 0 Å². The molecule has 0 bridgehead atoms. The normalized spacial score (nSPS) is 18.4. The maximum atomic E-state index is 12.7. The molecule has 1 aliphatic heterocycles. The van der Waals surface area contributed by atoms with Crippen molar-refractivity contribution in [2.45, 2.75) is 6.18 Å². The number of hydrogen-bond acceptors (Lipinski definition) is 4. The predicted molar refractivity (Wildman–Crippen MR) is 93.7 cm³/mol. The summed E-state index contributed by atoms with van der Waals surface area (Å²) in [5, 5.41) is 2.73. The molecule has 1 aliphatic rings. The highest BCUT2D eigenvalue weighted by Gasteiger charge is 2.30. The van der Waals surface area contributed by atoms with Gasteiger partial charge in [-0.25, -0.2) is 4.99 Å². The number of amides is 1. The summed E-state index contributed by atoms with van der Waals surface area (Å²) in [6, 6.07) is 8.06. The summed E-state index contributed by atoms with van der Waals surface area (Å²) in [4.78, 5) is 16.3. The van der Waals surface area contributed by atoms with E-state index < -0.39 is 11.7 Å². The molecular formula is C15H8F3IN2O2S. The fraction of sp³-hybridized carbons (Fsp3) is 0.0667. The second-order valence-corrected chi connectivity index (χ2v) is 6.77. The molecule has 0 atom stereocenters. The minimum Gasteiger partial charge on any atom is -0.451 e. The molecule has 1 amide bonds. The van der Waals surface area contributed by atoms with Gasteiger partial charge in [0, 0.05) is 6.08 Å². The van der Waals surface area contributed by atoms with Crippen molar-refractivity contribution in [2.75, 3.05) is 0 Å². The average Bonchev–Trinajstić information content (AvgIpc) is 3.05. The van der Waals surface area contributed by atoms with Gasteiger partial charge in [0.05, 0.1) is 16.2 Å². The van der Waals surface area contributed by atoms with Crippen molar-refractivity contribution >= 4 is 57.2 Å². The Labute approximate surface area is 152 Å². The van der Waals surface area contributed by atoms with Crippen LogP contribution in [0.25, 0.3) is 6.08 Å². The number of furan rings is 1. The van der Waals surface area contributed by atoms with Crippen LogP contribution in [0.5, 0.6) is 0 Å². The number of carbonyl (C=O) groups is 1. The molecule has 9 heteroatoms. The van der Waals surface area contributed by atoms with Crippen LogP contribution >= 0.6 is 34.4 Å². The molecule has 0 saturated carbocycles. The first-order chi connectivity index (χ1) is 11.3. The van der Waals surface area contributed by atoms with Crippen LogP contribution in [0, 0.1) is 3.77 Å². The summed E-state index contributed by atoms with van der Waals surface area (Å²) < 4.78 is 44.2. The number of amidine groups is 1. The number of hydrogen-bond donors (Lipinski definition) is 1. The summed E-state index contributed by atoms with van der Waals surface area (Å²) in [6.07, 6.45) is -2.89. The lowest BCUT2D eigenvalue weighted by atomic mass is 10.2. The molecular weight excluding hydrogens is 456 g/mol. The monoisotopic (exact) mass is 464 g/mol. The van der Waals surface area contributed by atoms with Crippen molar-refractivity contribution in [1.29, 1.82) is 0 Å². The smallest absolute Gasteiger partial charge is 0.416 e. The number of halogens is 4. The number of aliphatic imine (C=N–C) groups is 1. The van der Waals surface area contributed by atoms with Gasteiger partial charge in [-0.2, -0.15) is 13.2 Å². The molecule has 0 radical (unpaired) electrons. The summed E-state index contributed by atoms with van der Waals surface area (Å²) in [5.74, 6) is 0.134. The maximum absolute atomic E-state index is 12.7. The number of benzene rings is 1. The molecule has 3 rings (SSSR count). The second-order valence-electron chi connectivity index (χ2n) is 4.67. The molecule has 1 saturated heterocycles. The Kier molecular flexibility index (Phi) is 4.72. The molecule has 0 aliphatic carbocycles. The van der Waals surface area contributed by atoms with Gasteiger partial charge >= 0.3 is 6.18 Å². The standard InChI is InChI=1S/C15H8F3IN2O2S/c16-15(17,18)8-2-1-3-9(6-8)20-14-21-13(22)11(24-14)7-10-4-5-12(19)23-10/h1-7H,(H,20,21,22). The third-order valence-corrected chi connectivity index (χ3v) is 4.41. The molecule has 24 heavy (non-hydrogen) atoms. The van der Waals surface area contributed by atoms with E-state index in [-0.39, 0.29) is 16.8 Å². The zero-order valence-electron chi connectivity index (χ0n) is 11.7. The Bertz CT molecular complexity index is 858. The third-order valence-electron chi connectivity index (χ3n) is 2.92. The first kappa shape index (κ1) is 17.1. The predicted octanol–water partition coefficient (Wildman–Crippen LogP) is 4.79. The molecule has 1 aromatic heterocycles. The Hall–Kier alpha value is -1.75. The Balaban J connectivity index is 1.83. The van der Waals surface area contributed by atoms with Crippen molar-refractivity contribution in [3.8, 4) is 0 Å². The number of carbonyl (C=O) groups excluding carboxylic acids is 1. The molecule has 1 fully saturated rings. The fourth-order valence-corrected chi connectivity index (χ4v) is 3.14. The number of thioether (sulfide) groups is 1. The largest absolute Gasteiger partial charge is 0.451 e. The lowest BCUT2D eigenvalue weighted by molar-refractivity contribution is -0.137.